The molecule has 4 nitrogen and oxygen atoms in total. The van der Waals surface area contributed by atoms with Crippen LogP contribution in [0.15, 0.2) is 4.52 Å². The van der Waals surface area contributed by atoms with Gasteiger partial charge in [0.2, 0.25) is 5.89 Å². The van der Waals surface area contributed by atoms with Gasteiger partial charge in [0, 0.05) is 18.9 Å². The summed E-state index contributed by atoms with van der Waals surface area (Å²) in [5.74, 6) is 1.96. The fourth-order valence-electron chi connectivity index (χ4n) is 1.12. The van der Waals surface area contributed by atoms with Crippen molar-refractivity contribution in [2.45, 2.75) is 39.5 Å². The molecule has 4 heteroatoms. The summed E-state index contributed by atoms with van der Waals surface area (Å²) < 4.78 is 5.13. The van der Waals surface area contributed by atoms with E-state index in [1.165, 1.54) is 0 Å². The molecule has 0 saturated carbocycles. The highest BCUT2D eigenvalue weighted by Crippen LogP contribution is 2.14. The van der Waals surface area contributed by atoms with E-state index in [4.69, 9.17) is 4.52 Å². The van der Waals surface area contributed by atoms with Gasteiger partial charge in [0.25, 0.3) is 0 Å². The van der Waals surface area contributed by atoms with Crippen LogP contribution < -0.4 is 5.32 Å². The van der Waals surface area contributed by atoms with Crippen LogP contribution in [0.2, 0.25) is 0 Å². The minimum Gasteiger partial charge on any atom is -0.339 e. The second kappa shape index (κ2) is 5.75. The third-order valence-electron chi connectivity index (χ3n) is 2.30. The molecule has 1 atom stereocenters. The molecule has 0 amide bonds. The van der Waals surface area contributed by atoms with Crippen LogP contribution in [0.1, 0.15) is 44.8 Å². The molecule has 0 aromatic carbocycles. The van der Waals surface area contributed by atoms with Gasteiger partial charge in [0.1, 0.15) is 0 Å². The van der Waals surface area contributed by atoms with E-state index in [0.29, 0.717) is 5.92 Å². The number of hydrogen-bond acceptors (Lipinski definition) is 4. The molecule has 0 fully saturated rings. The van der Waals surface area contributed by atoms with Gasteiger partial charge in [-0.15, -0.1) is 0 Å². The average molecular weight is 197 g/mol. The van der Waals surface area contributed by atoms with Gasteiger partial charge in [-0.3, -0.25) is 0 Å². The second-order valence-electron chi connectivity index (χ2n) is 3.46. The van der Waals surface area contributed by atoms with E-state index in [2.05, 4.69) is 36.2 Å². The van der Waals surface area contributed by atoms with Crippen LogP contribution in [0.4, 0.5) is 0 Å². The van der Waals surface area contributed by atoms with E-state index in [9.17, 15) is 0 Å². The minimum atomic E-state index is 0.395. The quantitative estimate of drug-likeness (QED) is 0.706. The molecule has 0 bridgehead atoms. The molecular formula is C10H19N3O. The molecule has 1 unspecified atom stereocenters. The third-order valence-corrected chi connectivity index (χ3v) is 2.30. The summed E-state index contributed by atoms with van der Waals surface area (Å²) in [5, 5.41) is 7.17. The zero-order valence-corrected chi connectivity index (χ0v) is 9.21. The predicted octanol–water partition coefficient (Wildman–Crippen LogP) is 1.74. The number of hydrogen-bond donors (Lipinski definition) is 1. The standard InChI is InChI=1S/C10H19N3O/c1-4-8(3)10-12-9(14-13-10)6-7-11-5-2/h8,11H,4-7H2,1-3H3. The molecule has 1 rings (SSSR count). The lowest BCUT2D eigenvalue weighted by Crippen LogP contribution is -2.16. The molecular weight excluding hydrogens is 178 g/mol. The summed E-state index contributed by atoms with van der Waals surface area (Å²) >= 11 is 0. The Balaban J connectivity index is 2.42. The Morgan fingerprint density at radius 1 is 1.43 bits per heavy atom. The van der Waals surface area contributed by atoms with Gasteiger partial charge in [-0.2, -0.15) is 4.98 Å². The summed E-state index contributed by atoms with van der Waals surface area (Å²) in [6.07, 6.45) is 1.86. The predicted molar refractivity (Wildman–Crippen MR) is 55.3 cm³/mol. The Bertz CT molecular complexity index is 260. The van der Waals surface area contributed by atoms with Crippen molar-refractivity contribution in [1.29, 1.82) is 0 Å². The maximum atomic E-state index is 5.13. The molecule has 0 aliphatic rings. The first-order valence-corrected chi connectivity index (χ1v) is 5.31. The van der Waals surface area contributed by atoms with Crippen molar-refractivity contribution in [3.63, 3.8) is 0 Å². The lowest BCUT2D eigenvalue weighted by Gasteiger charge is -1.99. The van der Waals surface area contributed by atoms with Crippen molar-refractivity contribution in [2.75, 3.05) is 13.1 Å². The number of likely N-dealkylation sites (N-methyl/N-ethyl adjacent to an activating group) is 1. The van der Waals surface area contributed by atoms with Crippen LogP contribution in [-0.4, -0.2) is 23.2 Å². The maximum Gasteiger partial charge on any atom is 0.227 e. The van der Waals surface area contributed by atoms with Gasteiger partial charge in [-0.1, -0.05) is 25.9 Å². The largest absolute Gasteiger partial charge is 0.339 e. The monoisotopic (exact) mass is 197 g/mol. The van der Waals surface area contributed by atoms with Crippen molar-refractivity contribution in [3.8, 4) is 0 Å². The fraction of sp³-hybridized carbons (Fsp3) is 0.800. The van der Waals surface area contributed by atoms with Crippen LogP contribution in [0.25, 0.3) is 0 Å². The molecule has 1 aromatic rings. The zero-order valence-electron chi connectivity index (χ0n) is 9.21. The highest BCUT2D eigenvalue weighted by atomic mass is 16.5. The Morgan fingerprint density at radius 3 is 2.86 bits per heavy atom. The summed E-state index contributed by atoms with van der Waals surface area (Å²) in [6, 6.07) is 0. The van der Waals surface area contributed by atoms with Crippen molar-refractivity contribution < 1.29 is 4.52 Å². The number of rotatable bonds is 6. The Labute approximate surface area is 85.1 Å². The van der Waals surface area contributed by atoms with Gasteiger partial charge >= 0.3 is 0 Å². The van der Waals surface area contributed by atoms with Gasteiger partial charge < -0.3 is 9.84 Å². The van der Waals surface area contributed by atoms with Crippen molar-refractivity contribution in [2.24, 2.45) is 0 Å². The van der Waals surface area contributed by atoms with Crippen LogP contribution in [0.3, 0.4) is 0 Å². The van der Waals surface area contributed by atoms with E-state index in [1.54, 1.807) is 0 Å². The molecule has 0 saturated heterocycles. The molecule has 1 aromatic heterocycles. The van der Waals surface area contributed by atoms with E-state index in [0.717, 1.165) is 37.6 Å². The van der Waals surface area contributed by atoms with E-state index < -0.39 is 0 Å². The van der Waals surface area contributed by atoms with Gasteiger partial charge in [-0.05, 0) is 13.0 Å². The molecule has 0 radical (unpaired) electrons. The molecule has 0 aliphatic heterocycles. The molecule has 14 heavy (non-hydrogen) atoms. The normalized spacial score (nSPS) is 13.1. The van der Waals surface area contributed by atoms with E-state index >= 15 is 0 Å². The van der Waals surface area contributed by atoms with Crippen LogP contribution in [0.5, 0.6) is 0 Å². The van der Waals surface area contributed by atoms with Crippen LogP contribution in [-0.2, 0) is 6.42 Å². The van der Waals surface area contributed by atoms with Gasteiger partial charge in [-0.25, -0.2) is 0 Å². The van der Waals surface area contributed by atoms with Crippen molar-refractivity contribution in [3.05, 3.63) is 11.7 Å². The molecule has 1 heterocycles. The van der Waals surface area contributed by atoms with Crippen LogP contribution in [0, 0.1) is 0 Å². The maximum absolute atomic E-state index is 5.13. The van der Waals surface area contributed by atoms with E-state index in [-0.39, 0.29) is 0 Å². The lowest BCUT2D eigenvalue weighted by molar-refractivity contribution is 0.368. The first kappa shape index (κ1) is 11.2. The highest BCUT2D eigenvalue weighted by Gasteiger charge is 2.11. The number of nitrogens with one attached hydrogen (secondary N) is 1. The third kappa shape index (κ3) is 3.10. The Hall–Kier alpha value is -0.900. The summed E-state index contributed by atoms with van der Waals surface area (Å²) in [5.41, 5.74) is 0. The van der Waals surface area contributed by atoms with Gasteiger partial charge in [0.05, 0.1) is 0 Å². The Kier molecular flexibility index (Phi) is 4.59. The average Bonchev–Trinajstić information content (AvgIpc) is 2.66. The molecule has 0 spiro atoms. The SMILES string of the molecule is CCNCCc1nc(C(C)CC)no1. The second-order valence-corrected chi connectivity index (χ2v) is 3.46. The minimum absolute atomic E-state index is 0.395. The topological polar surface area (TPSA) is 51.0 Å². The van der Waals surface area contributed by atoms with Gasteiger partial charge in [0.15, 0.2) is 5.82 Å². The van der Waals surface area contributed by atoms with Crippen LogP contribution >= 0.6 is 0 Å². The molecule has 80 valence electrons. The highest BCUT2D eigenvalue weighted by molar-refractivity contribution is 4.93. The fourth-order valence-corrected chi connectivity index (χ4v) is 1.12. The first-order chi connectivity index (χ1) is 6.77. The smallest absolute Gasteiger partial charge is 0.227 e. The Morgan fingerprint density at radius 2 is 2.21 bits per heavy atom. The summed E-state index contributed by atoms with van der Waals surface area (Å²) in [7, 11) is 0. The first-order valence-electron chi connectivity index (χ1n) is 5.31. The summed E-state index contributed by atoms with van der Waals surface area (Å²) in [4.78, 5) is 4.34. The zero-order chi connectivity index (χ0) is 10.4. The van der Waals surface area contributed by atoms with Crippen molar-refractivity contribution >= 4 is 0 Å². The van der Waals surface area contributed by atoms with Crippen molar-refractivity contribution in [1.82, 2.24) is 15.5 Å². The number of nitrogens with zero attached hydrogens (tertiary/aromatic N) is 2. The lowest BCUT2D eigenvalue weighted by atomic mass is 10.1. The molecule has 1 N–H and O–H groups in total. The number of aromatic nitrogens is 2. The molecule has 0 aliphatic carbocycles. The summed E-state index contributed by atoms with van der Waals surface area (Å²) in [6.45, 7) is 8.20. The van der Waals surface area contributed by atoms with E-state index in [1.807, 2.05) is 0 Å².